The van der Waals surface area contributed by atoms with E-state index in [0.717, 1.165) is 54.2 Å². The number of urea groups is 1. The largest absolute Gasteiger partial charge is 0.497 e. The van der Waals surface area contributed by atoms with Crippen LogP contribution in [0.4, 0.5) is 15.6 Å². The molecule has 180 valence electrons. The minimum absolute atomic E-state index is 0.180. The SMILES string of the molecule is COc1ccc(C(C)(C)c2csc(NC(=O)NCc3ccc(N4CCC(O)CC4)cc3)n2)cc1. The van der Waals surface area contributed by atoms with Crippen LogP contribution >= 0.6 is 11.3 Å². The summed E-state index contributed by atoms with van der Waals surface area (Å²) in [6.07, 6.45) is 1.43. The van der Waals surface area contributed by atoms with E-state index in [-0.39, 0.29) is 17.6 Å². The summed E-state index contributed by atoms with van der Waals surface area (Å²) in [7, 11) is 1.65. The second kappa shape index (κ2) is 10.4. The van der Waals surface area contributed by atoms with E-state index in [2.05, 4.69) is 46.5 Å². The number of aliphatic hydroxyl groups excluding tert-OH is 1. The first-order valence-electron chi connectivity index (χ1n) is 11.5. The molecular weight excluding hydrogens is 448 g/mol. The van der Waals surface area contributed by atoms with Crippen LogP contribution in [0, 0.1) is 0 Å². The maximum absolute atomic E-state index is 12.4. The number of amides is 2. The van der Waals surface area contributed by atoms with Gasteiger partial charge in [-0.25, -0.2) is 9.78 Å². The Bertz CT molecular complexity index is 1090. The monoisotopic (exact) mass is 480 g/mol. The third-order valence-corrected chi connectivity index (χ3v) is 7.15. The number of hydrogen-bond acceptors (Lipinski definition) is 6. The van der Waals surface area contributed by atoms with Gasteiger partial charge in [0, 0.05) is 36.1 Å². The predicted molar refractivity (Wildman–Crippen MR) is 137 cm³/mol. The van der Waals surface area contributed by atoms with Crippen molar-refractivity contribution in [1.29, 1.82) is 0 Å². The van der Waals surface area contributed by atoms with Crippen molar-refractivity contribution >= 4 is 28.2 Å². The number of benzene rings is 2. The van der Waals surface area contributed by atoms with Crippen molar-refractivity contribution in [3.05, 3.63) is 70.7 Å². The summed E-state index contributed by atoms with van der Waals surface area (Å²) in [6, 6.07) is 15.9. The number of carbonyl (C=O) groups excluding carboxylic acids is 1. The van der Waals surface area contributed by atoms with Crippen molar-refractivity contribution in [2.45, 2.75) is 44.8 Å². The fraction of sp³-hybridized carbons (Fsp3) is 0.385. The van der Waals surface area contributed by atoms with Crippen molar-refractivity contribution in [1.82, 2.24) is 10.3 Å². The molecule has 2 amide bonds. The van der Waals surface area contributed by atoms with Crippen molar-refractivity contribution in [3.8, 4) is 5.75 Å². The predicted octanol–water partition coefficient (Wildman–Crippen LogP) is 4.76. The molecule has 0 radical (unpaired) electrons. The standard InChI is InChI=1S/C26H32N4O3S/c1-26(2,19-6-10-22(33-3)11-7-19)23-17-34-25(28-23)29-24(32)27-16-18-4-8-20(9-5-18)30-14-12-21(31)13-15-30/h4-11,17,21,31H,12-16H2,1-3H3,(H2,27,28,29,32). The molecule has 1 aliphatic heterocycles. The molecule has 0 unspecified atom stereocenters. The summed E-state index contributed by atoms with van der Waals surface area (Å²) >= 11 is 1.42. The topological polar surface area (TPSA) is 86.7 Å². The summed E-state index contributed by atoms with van der Waals surface area (Å²) in [5.41, 5.74) is 3.90. The fourth-order valence-corrected chi connectivity index (χ4v) is 4.92. The molecule has 1 fully saturated rings. The van der Waals surface area contributed by atoms with Crippen molar-refractivity contribution < 1.29 is 14.6 Å². The number of rotatable bonds is 7. The van der Waals surface area contributed by atoms with Crippen LogP contribution in [-0.2, 0) is 12.0 Å². The van der Waals surface area contributed by atoms with Gasteiger partial charge in [-0.15, -0.1) is 11.3 Å². The Labute approximate surface area is 204 Å². The molecule has 3 aromatic rings. The van der Waals surface area contributed by atoms with Crippen LogP contribution in [-0.4, -0.2) is 42.4 Å². The van der Waals surface area contributed by atoms with Gasteiger partial charge in [0.05, 0.1) is 18.9 Å². The van der Waals surface area contributed by atoms with Crippen molar-refractivity contribution in [2.24, 2.45) is 0 Å². The van der Waals surface area contributed by atoms with E-state index in [1.54, 1.807) is 7.11 Å². The molecule has 2 heterocycles. The molecule has 1 aromatic heterocycles. The molecule has 1 saturated heterocycles. The molecule has 7 nitrogen and oxygen atoms in total. The lowest BCUT2D eigenvalue weighted by molar-refractivity contribution is 0.145. The number of anilines is 2. The second-order valence-corrected chi connectivity index (χ2v) is 9.94. The van der Waals surface area contributed by atoms with E-state index in [1.165, 1.54) is 11.3 Å². The van der Waals surface area contributed by atoms with Crippen molar-refractivity contribution in [3.63, 3.8) is 0 Å². The molecule has 2 aromatic carbocycles. The number of hydrogen-bond donors (Lipinski definition) is 3. The quantitative estimate of drug-likeness (QED) is 0.454. The zero-order chi connectivity index (χ0) is 24.1. The number of nitrogens with zero attached hydrogens (tertiary/aromatic N) is 2. The van der Waals surface area contributed by atoms with Gasteiger partial charge in [-0.2, -0.15) is 0 Å². The Hall–Kier alpha value is -3.10. The van der Waals surface area contributed by atoms with E-state index < -0.39 is 0 Å². The number of piperidine rings is 1. The Morgan fingerprint density at radius 1 is 1.15 bits per heavy atom. The summed E-state index contributed by atoms with van der Waals surface area (Å²) < 4.78 is 5.25. The van der Waals surface area contributed by atoms with Crippen LogP contribution in [0.3, 0.4) is 0 Å². The fourth-order valence-electron chi connectivity index (χ4n) is 4.05. The van der Waals surface area contributed by atoms with Crippen LogP contribution in [0.15, 0.2) is 53.9 Å². The first-order valence-corrected chi connectivity index (χ1v) is 12.4. The molecule has 0 spiro atoms. The third-order valence-electron chi connectivity index (χ3n) is 6.40. The zero-order valence-electron chi connectivity index (χ0n) is 19.9. The minimum atomic E-state index is -0.298. The van der Waals surface area contributed by atoms with Crippen LogP contribution in [0.1, 0.15) is 43.5 Å². The molecule has 8 heteroatoms. The Morgan fingerprint density at radius 3 is 2.47 bits per heavy atom. The van der Waals surface area contributed by atoms with Gasteiger partial charge in [-0.1, -0.05) is 38.1 Å². The molecule has 0 atom stereocenters. The van der Waals surface area contributed by atoms with E-state index in [4.69, 9.17) is 4.74 Å². The van der Waals surface area contributed by atoms with Gasteiger partial charge in [0.15, 0.2) is 5.13 Å². The van der Waals surface area contributed by atoms with Gasteiger partial charge in [0.25, 0.3) is 0 Å². The number of ether oxygens (including phenoxy) is 1. The van der Waals surface area contributed by atoms with Crippen LogP contribution in [0.25, 0.3) is 0 Å². The van der Waals surface area contributed by atoms with Crippen LogP contribution < -0.4 is 20.3 Å². The summed E-state index contributed by atoms with van der Waals surface area (Å²) in [5.74, 6) is 0.817. The van der Waals surface area contributed by atoms with Crippen LogP contribution in [0.5, 0.6) is 5.75 Å². The maximum atomic E-state index is 12.4. The number of carbonyl (C=O) groups is 1. The minimum Gasteiger partial charge on any atom is -0.497 e. The molecule has 34 heavy (non-hydrogen) atoms. The van der Waals surface area contributed by atoms with E-state index in [0.29, 0.717) is 11.7 Å². The summed E-state index contributed by atoms with van der Waals surface area (Å²) in [4.78, 5) is 19.4. The smallest absolute Gasteiger partial charge is 0.321 e. The first-order chi connectivity index (χ1) is 16.3. The van der Waals surface area contributed by atoms with Gasteiger partial charge >= 0.3 is 6.03 Å². The van der Waals surface area contributed by atoms with Gasteiger partial charge in [0.2, 0.25) is 0 Å². The molecule has 0 bridgehead atoms. The lowest BCUT2D eigenvalue weighted by atomic mass is 9.82. The molecule has 0 saturated carbocycles. The molecule has 4 rings (SSSR count). The average Bonchev–Trinajstić information content (AvgIpc) is 3.33. The summed E-state index contributed by atoms with van der Waals surface area (Å²) in [5, 5.41) is 18.0. The van der Waals surface area contributed by atoms with Crippen LogP contribution in [0.2, 0.25) is 0 Å². The second-order valence-electron chi connectivity index (χ2n) is 9.08. The molecular formula is C26H32N4O3S. The average molecular weight is 481 g/mol. The van der Waals surface area contributed by atoms with Crippen molar-refractivity contribution in [2.75, 3.05) is 30.4 Å². The van der Waals surface area contributed by atoms with E-state index in [9.17, 15) is 9.90 Å². The Morgan fingerprint density at radius 2 is 1.82 bits per heavy atom. The third kappa shape index (κ3) is 5.69. The first kappa shape index (κ1) is 24.0. The van der Waals surface area contributed by atoms with Gasteiger partial charge in [-0.3, -0.25) is 5.32 Å². The number of aliphatic hydroxyl groups is 1. The highest BCUT2D eigenvalue weighted by Crippen LogP contribution is 2.34. The molecule has 1 aliphatic rings. The number of thiazole rings is 1. The maximum Gasteiger partial charge on any atom is 0.321 e. The molecule has 0 aliphatic carbocycles. The Kier molecular flexibility index (Phi) is 7.38. The van der Waals surface area contributed by atoms with Gasteiger partial charge in [-0.05, 0) is 48.2 Å². The lowest BCUT2D eigenvalue weighted by Gasteiger charge is -2.31. The molecule has 3 N–H and O–H groups in total. The van der Waals surface area contributed by atoms with Gasteiger partial charge in [0.1, 0.15) is 5.75 Å². The lowest BCUT2D eigenvalue weighted by Crippen LogP contribution is -2.35. The zero-order valence-corrected chi connectivity index (χ0v) is 20.7. The Balaban J connectivity index is 1.30. The highest BCUT2D eigenvalue weighted by Gasteiger charge is 2.26. The summed E-state index contributed by atoms with van der Waals surface area (Å²) in [6.45, 7) is 6.39. The van der Waals surface area contributed by atoms with E-state index in [1.807, 2.05) is 41.8 Å². The van der Waals surface area contributed by atoms with Gasteiger partial charge < -0.3 is 20.1 Å². The number of aromatic nitrogens is 1. The number of nitrogens with one attached hydrogen (secondary N) is 2. The highest BCUT2D eigenvalue weighted by molar-refractivity contribution is 7.13. The number of methoxy groups -OCH3 is 1. The van der Waals surface area contributed by atoms with E-state index >= 15 is 0 Å². The highest BCUT2D eigenvalue weighted by atomic mass is 32.1. The normalized spacial score (nSPS) is 14.6.